The third-order valence-electron chi connectivity index (χ3n) is 4.46. The van der Waals surface area contributed by atoms with Crippen LogP contribution >= 0.6 is 0 Å². The van der Waals surface area contributed by atoms with E-state index in [-0.39, 0.29) is 5.91 Å². The maximum Gasteiger partial charge on any atom is 0.237 e. The van der Waals surface area contributed by atoms with Crippen LogP contribution in [0.1, 0.15) is 33.6 Å². The lowest BCUT2D eigenvalue weighted by Gasteiger charge is -2.38. The van der Waals surface area contributed by atoms with Gasteiger partial charge in [0.25, 0.3) is 0 Å². The molecule has 3 N–H and O–H groups in total. The summed E-state index contributed by atoms with van der Waals surface area (Å²) in [4.78, 5) is 16.5. The average molecular weight is 270 g/mol. The summed E-state index contributed by atoms with van der Waals surface area (Å²) in [6.07, 6.45) is 1.92. The third-order valence-corrected chi connectivity index (χ3v) is 4.46. The lowest BCUT2D eigenvalue weighted by molar-refractivity contribution is -0.124. The number of primary amides is 1. The van der Waals surface area contributed by atoms with Crippen molar-refractivity contribution in [2.24, 2.45) is 5.73 Å². The fourth-order valence-electron chi connectivity index (χ4n) is 3.08. The van der Waals surface area contributed by atoms with Crippen LogP contribution < -0.4 is 11.1 Å². The van der Waals surface area contributed by atoms with Gasteiger partial charge in [-0.3, -0.25) is 9.69 Å². The lowest BCUT2D eigenvalue weighted by atomic mass is 9.91. The monoisotopic (exact) mass is 270 g/mol. The standard InChI is InChI=1S/C14H30N4O/c1-11(9-14(3,16-4)13(15)19)18-8-6-7-17(5)10-12(18)2/h11-12,16H,6-10H2,1-5H3,(H2,15,19). The Bertz CT molecular complexity index is 310. The van der Waals surface area contributed by atoms with Crippen LogP contribution in [0.3, 0.4) is 0 Å². The summed E-state index contributed by atoms with van der Waals surface area (Å²) in [5.74, 6) is -0.276. The molecule has 0 aromatic rings. The molecule has 0 aromatic carbocycles. The van der Waals surface area contributed by atoms with Gasteiger partial charge in [-0.1, -0.05) is 0 Å². The minimum absolute atomic E-state index is 0.276. The van der Waals surface area contributed by atoms with Crippen molar-refractivity contribution in [2.75, 3.05) is 33.7 Å². The second-order valence-electron chi connectivity index (χ2n) is 6.20. The molecule has 0 aliphatic carbocycles. The number of hydrogen-bond acceptors (Lipinski definition) is 4. The zero-order valence-electron chi connectivity index (χ0n) is 13.1. The molecule has 5 nitrogen and oxygen atoms in total. The number of carbonyl (C=O) groups is 1. The van der Waals surface area contributed by atoms with E-state index in [0.29, 0.717) is 12.1 Å². The van der Waals surface area contributed by atoms with E-state index >= 15 is 0 Å². The molecule has 1 aliphatic heterocycles. The number of carbonyl (C=O) groups excluding carboxylic acids is 1. The number of nitrogens with one attached hydrogen (secondary N) is 1. The van der Waals surface area contributed by atoms with Crippen molar-refractivity contribution in [1.82, 2.24) is 15.1 Å². The number of likely N-dealkylation sites (N-methyl/N-ethyl adjacent to an activating group) is 2. The molecule has 0 spiro atoms. The summed E-state index contributed by atoms with van der Waals surface area (Å²) >= 11 is 0. The summed E-state index contributed by atoms with van der Waals surface area (Å²) in [6, 6.07) is 0.850. The first-order valence-electron chi connectivity index (χ1n) is 7.23. The van der Waals surface area contributed by atoms with Gasteiger partial charge >= 0.3 is 0 Å². The quantitative estimate of drug-likeness (QED) is 0.752. The van der Waals surface area contributed by atoms with E-state index in [2.05, 4.69) is 36.0 Å². The van der Waals surface area contributed by atoms with Gasteiger partial charge in [0.05, 0.1) is 5.54 Å². The van der Waals surface area contributed by atoms with E-state index in [0.717, 1.165) is 26.1 Å². The minimum atomic E-state index is -0.628. The van der Waals surface area contributed by atoms with Gasteiger partial charge in [0.15, 0.2) is 0 Å². The smallest absolute Gasteiger partial charge is 0.237 e. The van der Waals surface area contributed by atoms with Crippen LogP contribution in [-0.2, 0) is 4.79 Å². The highest BCUT2D eigenvalue weighted by atomic mass is 16.1. The van der Waals surface area contributed by atoms with Crippen LogP contribution in [0.5, 0.6) is 0 Å². The molecule has 0 radical (unpaired) electrons. The van der Waals surface area contributed by atoms with Gasteiger partial charge in [0.1, 0.15) is 0 Å². The Labute approximate surface area is 117 Å². The van der Waals surface area contributed by atoms with E-state index < -0.39 is 5.54 Å². The van der Waals surface area contributed by atoms with Gasteiger partial charge < -0.3 is 16.0 Å². The van der Waals surface area contributed by atoms with Gasteiger partial charge in [0.2, 0.25) is 5.91 Å². The lowest BCUT2D eigenvalue weighted by Crippen LogP contribution is -2.56. The first kappa shape index (κ1) is 16.4. The molecule has 0 saturated carbocycles. The van der Waals surface area contributed by atoms with Crippen LogP contribution in [-0.4, -0.2) is 67.1 Å². The van der Waals surface area contributed by atoms with Crippen molar-refractivity contribution in [3.8, 4) is 0 Å². The maximum absolute atomic E-state index is 11.6. The fraction of sp³-hybridized carbons (Fsp3) is 0.929. The number of hydrogen-bond donors (Lipinski definition) is 2. The molecule has 1 amide bonds. The van der Waals surface area contributed by atoms with Crippen LogP contribution in [0, 0.1) is 0 Å². The highest BCUT2D eigenvalue weighted by Crippen LogP contribution is 2.20. The molecule has 0 bridgehead atoms. The summed E-state index contributed by atoms with van der Waals surface area (Å²) < 4.78 is 0. The Kier molecular flexibility index (Phi) is 5.77. The molecule has 19 heavy (non-hydrogen) atoms. The molecule has 0 aromatic heterocycles. The molecule has 5 heteroatoms. The summed E-state index contributed by atoms with van der Waals surface area (Å²) in [7, 11) is 3.98. The van der Waals surface area contributed by atoms with Crippen LogP contribution in [0.25, 0.3) is 0 Å². The SMILES string of the molecule is CNC(C)(CC(C)N1CCCN(C)CC1C)C(N)=O. The summed E-state index contributed by atoms with van der Waals surface area (Å²) in [5.41, 5.74) is 4.89. The second-order valence-corrected chi connectivity index (χ2v) is 6.20. The zero-order valence-corrected chi connectivity index (χ0v) is 13.1. The number of nitrogens with zero attached hydrogens (tertiary/aromatic N) is 2. The van der Waals surface area contributed by atoms with Crippen LogP contribution in [0.4, 0.5) is 0 Å². The molecule has 3 atom stereocenters. The van der Waals surface area contributed by atoms with E-state index in [1.165, 1.54) is 6.42 Å². The predicted molar refractivity (Wildman–Crippen MR) is 79.0 cm³/mol. The molecule has 1 fully saturated rings. The number of nitrogens with two attached hydrogens (primary N) is 1. The minimum Gasteiger partial charge on any atom is -0.368 e. The third kappa shape index (κ3) is 4.16. The van der Waals surface area contributed by atoms with Gasteiger partial charge in [-0.2, -0.15) is 0 Å². The molecule has 1 heterocycles. The first-order valence-corrected chi connectivity index (χ1v) is 7.23. The molecular formula is C14H30N4O. The van der Waals surface area contributed by atoms with E-state index in [9.17, 15) is 4.79 Å². The predicted octanol–water partition coefficient (Wildman–Crippen LogP) is 0.254. The average Bonchev–Trinajstić information content (AvgIpc) is 2.49. The fourth-order valence-corrected chi connectivity index (χ4v) is 3.08. The Hall–Kier alpha value is -0.650. The normalized spacial score (nSPS) is 27.5. The van der Waals surface area contributed by atoms with Crippen LogP contribution in [0.15, 0.2) is 0 Å². The molecule has 1 aliphatic rings. The first-order chi connectivity index (χ1) is 8.80. The Balaban J connectivity index is 2.70. The Morgan fingerprint density at radius 3 is 2.68 bits per heavy atom. The maximum atomic E-state index is 11.6. The molecule has 1 rings (SSSR count). The van der Waals surface area contributed by atoms with Crippen molar-refractivity contribution in [2.45, 2.75) is 51.2 Å². The largest absolute Gasteiger partial charge is 0.368 e. The number of rotatable bonds is 5. The zero-order chi connectivity index (χ0) is 14.6. The van der Waals surface area contributed by atoms with Crippen molar-refractivity contribution in [3.05, 3.63) is 0 Å². The highest BCUT2D eigenvalue weighted by molar-refractivity contribution is 5.84. The summed E-state index contributed by atoms with van der Waals surface area (Å²) in [6.45, 7) is 9.66. The second kappa shape index (κ2) is 6.68. The summed E-state index contributed by atoms with van der Waals surface area (Å²) in [5, 5.41) is 3.08. The van der Waals surface area contributed by atoms with Crippen molar-refractivity contribution in [3.63, 3.8) is 0 Å². The Morgan fingerprint density at radius 1 is 1.53 bits per heavy atom. The molecular weight excluding hydrogens is 240 g/mol. The van der Waals surface area contributed by atoms with Gasteiger partial charge in [-0.15, -0.1) is 0 Å². The van der Waals surface area contributed by atoms with Crippen molar-refractivity contribution >= 4 is 5.91 Å². The van der Waals surface area contributed by atoms with E-state index in [1.54, 1.807) is 7.05 Å². The topological polar surface area (TPSA) is 61.6 Å². The van der Waals surface area contributed by atoms with Crippen LogP contribution in [0.2, 0.25) is 0 Å². The van der Waals surface area contributed by atoms with E-state index in [4.69, 9.17) is 5.73 Å². The van der Waals surface area contributed by atoms with Gasteiger partial charge in [-0.25, -0.2) is 0 Å². The van der Waals surface area contributed by atoms with E-state index in [1.807, 2.05) is 6.92 Å². The molecule has 1 saturated heterocycles. The van der Waals surface area contributed by atoms with Crippen molar-refractivity contribution < 1.29 is 4.79 Å². The molecule has 3 unspecified atom stereocenters. The molecule has 112 valence electrons. The van der Waals surface area contributed by atoms with Crippen molar-refractivity contribution in [1.29, 1.82) is 0 Å². The van der Waals surface area contributed by atoms with Gasteiger partial charge in [0, 0.05) is 18.6 Å². The Morgan fingerprint density at radius 2 is 2.16 bits per heavy atom. The van der Waals surface area contributed by atoms with Gasteiger partial charge in [-0.05, 0) is 60.8 Å². The number of amides is 1. The highest BCUT2D eigenvalue weighted by Gasteiger charge is 2.34.